The van der Waals surface area contributed by atoms with Crippen molar-refractivity contribution in [1.29, 1.82) is 0 Å². The van der Waals surface area contributed by atoms with E-state index in [0.29, 0.717) is 17.5 Å². The summed E-state index contributed by atoms with van der Waals surface area (Å²) in [5, 5.41) is 9.05. The minimum absolute atomic E-state index is 0.631. The topological polar surface area (TPSA) is 56.7 Å². The summed E-state index contributed by atoms with van der Waals surface area (Å²) in [6.07, 6.45) is 0. The number of benzene rings is 8. The molecule has 0 fully saturated rings. The number of hydrogen-bond donors (Lipinski definition) is 0. The molecule has 0 saturated heterocycles. The van der Waals surface area contributed by atoms with Gasteiger partial charge in [-0.2, -0.15) is 0 Å². The quantitative estimate of drug-likeness (QED) is 0.188. The molecule has 3 aromatic heterocycles. The van der Waals surface area contributed by atoms with Gasteiger partial charge in [0.05, 0.1) is 22.1 Å². The molecule has 5 nitrogen and oxygen atoms in total. The van der Waals surface area contributed by atoms with Crippen LogP contribution in [0.1, 0.15) is 0 Å². The summed E-state index contributed by atoms with van der Waals surface area (Å²) in [4.78, 5) is 15.3. The smallest absolute Gasteiger partial charge is 0.164 e. The molecule has 5 heteroatoms. The van der Waals surface area contributed by atoms with Crippen LogP contribution in [0.2, 0.25) is 0 Å². The normalized spacial score (nSPS) is 11.8. The Kier molecular flexibility index (Phi) is 6.18. The lowest BCUT2D eigenvalue weighted by molar-refractivity contribution is 0.664. The molecule has 11 aromatic rings. The van der Waals surface area contributed by atoms with Crippen LogP contribution in [-0.4, -0.2) is 19.5 Å². The lowest BCUT2D eigenvalue weighted by Crippen LogP contribution is -2.01. The van der Waals surface area contributed by atoms with Crippen LogP contribution in [0.4, 0.5) is 0 Å². The van der Waals surface area contributed by atoms with Gasteiger partial charge in [0.1, 0.15) is 11.2 Å². The van der Waals surface area contributed by atoms with Crippen molar-refractivity contribution in [3.63, 3.8) is 0 Å². The largest absolute Gasteiger partial charge is 0.456 e. The summed E-state index contributed by atoms with van der Waals surface area (Å²) in [5.74, 6) is 1.91. The molecule has 0 atom stereocenters. The molecular weight excluding hydrogens is 637 g/mol. The highest BCUT2D eigenvalue weighted by atomic mass is 16.3. The number of hydrogen-bond acceptors (Lipinski definition) is 4. The van der Waals surface area contributed by atoms with E-state index >= 15 is 0 Å². The molecule has 0 spiro atoms. The van der Waals surface area contributed by atoms with E-state index in [0.717, 1.165) is 71.5 Å². The molecule has 0 amide bonds. The summed E-state index contributed by atoms with van der Waals surface area (Å²) in [5.41, 5.74) is 7.86. The molecule has 242 valence electrons. The van der Waals surface area contributed by atoms with E-state index in [4.69, 9.17) is 19.4 Å². The van der Waals surface area contributed by atoms with Crippen molar-refractivity contribution in [2.45, 2.75) is 0 Å². The number of nitrogens with zero attached hydrogens (tertiary/aromatic N) is 4. The van der Waals surface area contributed by atoms with E-state index in [1.807, 2.05) is 36.4 Å². The minimum atomic E-state index is 0.631. The number of fused-ring (bicyclic) bond motifs is 4. The summed E-state index contributed by atoms with van der Waals surface area (Å²) in [6.45, 7) is 0. The van der Waals surface area contributed by atoms with E-state index in [2.05, 4.69) is 138 Å². The first-order valence-electron chi connectivity index (χ1n) is 17.5. The average molecular weight is 665 g/mol. The third-order valence-electron chi connectivity index (χ3n) is 10.2. The van der Waals surface area contributed by atoms with Crippen LogP contribution in [0.3, 0.4) is 0 Å². The van der Waals surface area contributed by atoms with Gasteiger partial charge in [-0.25, -0.2) is 15.0 Å². The Morgan fingerprint density at radius 1 is 0.385 bits per heavy atom. The zero-order valence-electron chi connectivity index (χ0n) is 27.9. The van der Waals surface area contributed by atoms with Crippen molar-refractivity contribution >= 4 is 65.3 Å². The molecule has 3 heterocycles. The second kappa shape index (κ2) is 11.2. The van der Waals surface area contributed by atoms with Gasteiger partial charge in [-0.05, 0) is 64.0 Å². The minimum Gasteiger partial charge on any atom is -0.456 e. The first kappa shape index (κ1) is 28.7. The molecule has 52 heavy (non-hydrogen) atoms. The van der Waals surface area contributed by atoms with E-state index in [1.165, 1.54) is 16.2 Å². The third-order valence-corrected chi connectivity index (χ3v) is 10.2. The van der Waals surface area contributed by atoms with E-state index in [9.17, 15) is 0 Å². The van der Waals surface area contributed by atoms with Gasteiger partial charge in [-0.15, -0.1) is 0 Å². The summed E-state index contributed by atoms with van der Waals surface area (Å²) >= 11 is 0. The Labute approximate surface area is 298 Å². The van der Waals surface area contributed by atoms with Gasteiger partial charge in [0.2, 0.25) is 0 Å². The molecule has 0 aliphatic rings. The molecule has 8 aromatic carbocycles. The number of para-hydroxylation sites is 1. The zero-order chi connectivity index (χ0) is 34.2. The van der Waals surface area contributed by atoms with Crippen LogP contribution in [0.25, 0.3) is 105 Å². The Balaban J connectivity index is 1.17. The summed E-state index contributed by atoms with van der Waals surface area (Å²) < 4.78 is 9.00. The predicted octanol–water partition coefficient (Wildman–Crippen LogP) is 12.2. The predicted molar refractivity (Wildman–Crippen MR) is 213 cm³/mol. The fourth-order valence-electron chi connectivity index (χ4n) is 7.89. The Bertz CT molecular complexity index is 3190. The van der Waals surface area contributed by atoms with Crippen LogP contribution < -0.4 is 0 Å². The molecule has 0 radical (unpaired) electrons. The van der Waals surface area contributed by atoms with Gasteiger partial charge in [0.15, 0.2) is 17.5 Å². The molecule has 0 bridgehead atoms. The maximum Gasteiger partial charge on any atom is 0.164 e. The van der Waals surface area contributed by atoms with E-state index in [1.54, 1.807) is 0 Å². The Hall–Kier alpha value is -7.11. The average Bonchev–Trinajstić information content (AvgIpc) is 3.47. The summed E-state index contributed by atoms with van der Waals surface area (Å²) in [7, 11) is 0. The van der Waals surface area contributed by atoms with Crippen molar-refractivity contribution in [2.75, 3.05) is 0 Å². The highest BCUT2D eigenvalue weighted by molar-refractivity contribution is 6.27. The second-order valence-electron chi connectivity index (χ2n) is 13.2. The van der Waals surface area contributed by atoms with Crippen molar-refractivity contribution in [3.05, 3.63) is 170 Å². The van der Waals surface area contributed by atoms with Crippen molar-refractivity contribution in [1.82, 2.24) is 19.5 Å². The molecular formula is C47H28N4O. The van der Waals surface area contributed by atoms with Gasteiger partial charge in [0, 0.05) is 32.8 Å². The van der Waals surface area contributed by atoms with Crippen molar-refractivity contribution < 1.29 is 4.42 Å². The number of aromatic nitrogens is 4. The van der Waals surface area contributed by atoms with Crippen LogP contribution in [0.5, 0.6) is 0 Å². The second-order valence-corrected chi connectivity index (χ2v) is 13.2. The van der Waals surface area contributed by atoms with Crippen molar-refractivity contribution in [2.24, 2.45) is 0 Å². The lowest BCUT2D eigenvalue weighted by Gasteiger charge is -2.15. The lowest BCUT2D eigenvalue weighted by atomic mass is 10.0. The van der Waals surface area contributed by atoms with Crippen LogP contribution >= 0.6 is 0 Å². The Morgan fingerprint density at radius 3 is 1.88 bits per heavy atom. The fourth-order valence-corrected chi connectivity index (χ4v) is 7.89. The SMILES string of the molecule is c1ccc(-c2nc(-c3ccc4ccccc4c3)nc(-c3ccc(-n4c5cccc6oc7ccccc7c7cccc4c7c65)c4ccccc34)n2)cc1. The molecule has 0 saturated carbocycles. The van der Waals surface area contributed by atoms with Gasteiger partial charge < -0.3 is 8.98 Å². The fraction of sp³-hybridized carbons (Fsp3) is 0. The highest BCUT2D eigenvalue weighted by Gasteiger charge is 2.21. The summed E-state index contributed by atoms with van der Waals surface area (Å²) in [6, 6.07) is 59.0. The first-order valence-corrected chi connectivity index (χ1v) is 17.5. The molecule has 0 unspecified atom stereocenters. The third kappa shape index (κ3) is 4.33. The zero-order valence-corrected chi connectivity index (χ0v) is 27.9. The van der Waals surface area contributed by atoms with E-state index in [-0.39, 0.29) is 0 Å². The van der Waals surface area contributed by atoms with Crippen molar-refractivity contribution in [3.8, 4) is 39.9 Å². The van der Waals surface area contributed by atoms with Gasteiger partial charge in [-0.1, -0.05) is 127 Å². The molecule has 0 aliphatic carbocycles. The van der Waals surface area contributed by atoms with Crippen LogP contribution in [-0.2, 0) is 0 Å². The first-order chi connectivity index (χ1) is 25.8. The molecule has 0 N–H and O–H groups in total. The van der Waals surface area contributed by atoms with Crippen LogP contribution in [0.15, 0.2) is 174 Å². The molecule has 11 rings (SSSR count). The molecule has 0 aliphatic heterocycles. The van der Waals surface area contributed by atoms with Gasteiger partial charge in [0.25, 0.3) is 0 Å². The van der Waals surface area contributed by atoms with Gasteiger partial charge in [-0.3, -0.25) is 0 Å². The Morgan fingerprint density at radius 2 is 1.02 bits per heavy atom. The maximum atomic E-state index is 6.62. The number of rotatable bonds is 4. The standard InChI is InChI=1S/C47H28N4O/c1-2-13-30(14-3-1)45-48-46(32-25-24-29-12-4-5-15-31(29)28-32)50-47(49-45)37-26-27-38(34-17-7-6-16-33(34)37)51-39-20-10-19-36-35-18-8-9-22-41(35)52-42-23-11-21-40(51)44(42)43(36)39/h1-28H. The van der Waals surface area contributed by atoms with Crippen LogP contribution in [0, 0.1) is 0 Å². The van der Waals surface area contributed by atoms with E-state index < -0.39 is 0 Å². The highest BCUT2D eigenvalue weighted by Crippen LogP contribution is 2.43. The maximum absolute atomic E-state index is 6.62. The monoisotopic (exact) mass is 664 g/mol. The van der Waals surface area contributed by atoms with Gasteiger partial charge >= 0.3 is 0 Å².